The Bertz CT molecular complexity index is 3600. The molecule has 0 aliphatic heterocycles. The van der Waals surface area contributed by atoms with Gasteiger partial charge in [0.25, 0.3) is 0 Å². The quantitative estimate of drug-likeness (QED) is 0.184. The van der Waals surface area contributed by atoms with Crippen molar-refractivity contribution in [3.8, 4) is 45.0 Å². The number of rotatable bonds is 3. The molecule has 0 fully saturated rings. The van der Waals surface area contributed by atoms with Crippen molar-refractivity contribution >= 4 is 76.5 Å². The van der Waals surface area contributed by atoms with E-state index in [0.717, 1.165) is 66.2 Å². The van der Waals surface area contributed by atoms with Gasteiger partial charge in [-0.25, -0.2) is 9.97 Å². The van der Waals surface area contributed by atoms with Crippen molar-refractivity contribution in [2.24, 2.45) is 0 Å². The van der Waals surface area contributed by atoms with E-state index in [1.807, 2.05) is 24.4 Å². The maximum atomic E-state index is 6.33. The van der Waals surface area contributed by atoms with Crippen LogP contribution < -0.4 is 0 Å². The van der Waals surface area contributed by atoms with E-state index in [2.05, 4.69) is 155 Å². The Kier molecular flexibility index (Phi) is 5.57. The van der Waals surface area contributed by atoms with Gasteiger partial charge < -0.3 is 8.98 Å². The molecular formula is C50H28N4O. The second-order valence-corrected chi connectivity index (χ2v) is 14.5. The summed E-state index contributed by atoms with van der Waals surface area (Å²) in [6, 6.07) is 58.5. The van der Waals surface area contributed by atoms with Crippen LogP contribution in [-0.4, -0.2) is 19.1 Å². The fraction of sp³-hybridized carbons (Fsp3) is 0. The summed E-state index contributed by atoms with van der Waals surface area (Å²) in [5.41, 5.74) is 15.1. The van der Waals surface area contributed by atoms with Crippen LogP contribution in [0.5, 0.6) is 0 Å². The first-order valence-corrected chi connectivity index (χ1v) is 18.7. The maximum Gasteiger partial charge on any atom is 0.235 e. The van der Waals surface area contributed by atoms with Crippen LogP contribution in [0.15, 0.2) is 174 Å². The second kappa shape index (κ2) is 10.6. The van der Waals surface area contributed by atoms with Crippen LogP contribution in [0.4, 0.5) is 0 Å². The molecule has 0 amide bonds. The summed E-state index contributed by atoms with van der Waals surface area (Å²) < 4.78 is 10.9. The van der Waals surface area contributed by atoms with Gasteiger partial charge in [0.1, 0.15) is 16.7 Å². The highest BCUT2D eigenvalue weighted by Gasteiger charge is 2.27. The van der Waals surface area contributed by atoms with Crippen LogP contribution in [0.25, 0.3) is 121 Å². The van der Waals surface area contributed by atoms with Gasteiger partial charge in [-0.3, -0.25) is 4.57 Å². The molecule has 1 aliphatic carbocycles. The lowest BCUT2D eigenvalue weighted by molar-refractivity contribution is 0.669. The van der Waals surface area contributed by atoms with E-state index >= 15 is 0 Å². The number of furan rings is 1. The van der Waals surface area contributed by atoms with Gasteiger partial charge in [0.2, 0.25) is 5.95 Å². The first-order chi connectivity index (χ1) is 27.3. The fourth-order valence-electron chi connectivity index (χ4n) is 9.46. The molecular weight excluding hydrogens is 673 g/mol. The van der Waals surface area contributed by atoms with E-state index in [0.29, 0.717) is 5.95 Å². The molecule has 0 atom stereocenters. The summed E-state index contributed by atoms with van der Waals surface area (Å²) in [4.78, 5) is 10.8. The highest BCUT2D eigenvalue weighted by molar-refractivity contribution is 6.27. The molecule has 1 aliphatic rings. The predicted octanol–water partition coefficient (Wildman–Crippen LogP) is 13.0. The summed E-state index contributed by atoms with van der Waals surface area (Å²) in [5.74, 6) is 0.641. The van der Waals surface area contributed by atoms with Crippen LogP contribution in [-0.2, 0) is 0 Å². The molecule has 0 radical (unpaired) electrons. The minimum atomic E-state index is 0.641. The Morgan fingerprint density at radius 3 is 1.96 bits per heavy atom. The van der Waals surface area contributed by atoms with Crippen LogP contribution >= 0.6 is 0 Å². The third-order valence-corrected chi connectivity index (χ3v) is 11.7. The Morgan fingerprint density at radius 2 is 1.09 bits per heavy atom. The SMILES string of the molecule is c1ccc(-c2cc3c4c5c(cccc5n(-c5ncc6c(n5)c5ccccc5n6-c5cccc6oc7ccccc7c56)c4c2)-c2cccc4cccc-3c24)cc1. The van der Waals surface area contributed by atoms with Gasteiger partial charge in [-0.1, -0.05) is 121 Å². The van der Waals surface area contributed by atoms with E-state index in [4.69, 9.17) is 14.4 Å². The van der Waals surface area contributed by atoms with Crippen molar-refractivity contribution in [1.82, 2.24) is 19.1 Å². The Hall–Kier alpha value is -7.50. The van der Waals surface area contributed by atoms with Gasteiger partial charge >= 0.3 is 0 Å². The molecule has 55 heavy (non-hydrogen) atoms. The van der Waals surface area contributed by atoms with Gasteiger partial charge in [0, 0.05) is 21.5 Å². The van der Waals surface area contributed by atoms with Crippen molar-refractivity contribution < 1.29 is 4.42 Å². The summed E-state index contributed by atoms with van der Waals surface area (Å²) in [6.07, 6.45) is 2.00. The zero-order valence-electron chi connectivity index (χ0n) is 29.4. The Labute approximate surface area is 313 Å². The van der Waals surface area contributed by atoms with Gasteiger partial charge in [-0.15, -0.1) is 0 Å². The standard InChI is InChI=1S/C50H28N4O/c1-2-12-29(13-3-1)31-26-37-34-19-9-15-30-14-8-18-32(45(30)34)33-20-10-22-40-47(33)48(37)41(27-31)54(40)50-51-28-42-49(52-50)35-16-4-6-21-38(35)53(42)39-23-11-25-44-46(39)36-17-5-7-24-43(36)55-44/h1-28H. The Balaban J connectivity index is 1.15. The molecule has 4 aromatic heterocycles. The molecule has 0 unspecified atom stereocenters. The van der Waals surface area contributed by atoms with Gasteiger partial charge in [-0.2, -0.15) is 0 Å². The smallest absolute Gasteiger partial charge is 0.235 e. The van der Waals surface area contributed by atoms with Gasteiger partial charge in [0.05, 0.1) is 39.3 Å². The molecule has 8 aromatic carbocycles. The van der Waals surface area contributed by atoms with E-state index in [9.17, 15) is 0 Å². The number of hydrogen-bond donors (Lipinski definition) is 0. The lowest BCUT2D eigenvalue weighted by Crippen LogP contribution is -2.02. The van der Waals surface area contributed by atoms with Crippen LogP contribution in [0.1, 0.15) is 0 Å². The molecule has 12 aromatic rings. The van der Waals surface area contributed by atoms with Crippen molar-refractivity contribution in [1.29, 1.82) is 0 Å². The monoisotopic (exact) mass is 700 g/mol. The molecule has 254 valence electrons. The van der Waals surface area contributed by atoms with E-state index in [1.54, 1.807) is 0 Å². The van der Waals surface area contributed by atoms with Crippen molar-refractivity contribution in [2.45, 2.75) is 0 Å². The summed E-state index contributed by atoms with van der Waals surface area (Å²) >= 11 is 0. The second-order valence-electron chi connectivity index (χ2n) is 14.5. The van der Waals surface area contributed by atoms with Crippen molar-refractivity contribution in [3.63, 3.8) is 0 Å². The number of aromatic nitrogens is 4. The van der Waals surface area contributed by atoms with Crippen molar-refractivity contribution in [2.75, 3.05) is 0 Å². The third-order valence-electron chi connectivity index (χ3n) is 11.7. The van der Waals surface area contributed by atoms with Gasteiger partial charge in [-0.05, 0) is 86.6 Å². The average molecular weight is 701 g/mol. The summed E-state index contributed by atoms with van der Waals surface area (Å²) in [7, 11) is 0. The molecule has 0 N–H and O–H groups in total. The van der Waals surface area contributed by atoms with E-state index < -0.39 is 0 Å². The van der Waals surface area contributed by atoms with Gasteiger partial charge in [0.15, 0.2) is 0 Å². The van der Waals surface area contributed by atoms with Crippen LogP contribution in [0, 0.1) is 0 Å². The molecule has 0 saturated heterocycles. The minimum Gasteiger partial charge on any atom is -0.456 e. The summed E-state index contributed by atoms with van der Waals surface area (Å²) in [5, 5.41) is 8.20. The lowest BCUT2D eigenvalue weighted by atomic mass is 9.92. The molecule has 5 nitrogen and oxygen atoms in total. The fourth-order valence-corrected chi connectivity index (χ4v) is 9.46. The topological polar surface area (TPSA) is 48.8 Å². The molecule has 13 rings (SSSR count). The number of hydrogen-bond acceptors (Lipinski definition) is 3. The summed E-state index contributed by atoms with van der Waals surface area (Å²) in [6.45, 7) is 0. The van der Waals surface area contributed by atoms with E-state index in [1.165, 1.54) is 49.4 Å². The van der Waals surface area contributed by atoms with Crippen LogP contribution in [0.3, 0.4) is 0 Å². The largest absolute Gasteiger partial charge is 0.456 e. The molecule has 0 saturated carbocycles. The maximum absolute atomic E-state index is 6.33. The predicted molar refractivity (Wildman–Crippen MR) is 225 cm³/mol. The first kappa shape index (κ1) is 29.0. The Morgan fingerprint density at radius 1 is 0.418 bits per heavy atom. The molecule has 0 bridgehead atoms. The normalized spacial score (nSPS) is 12.4. The van der Waals surface area contributed by atoms with Crippen LogP contribution in [0.2, 0.25) is 0 Å². The van der Waals surface area contributed by atoms with E-state index in [-0.39, 0.29) is 0 Å². The zero-order valence-corrected chi connectivity index (χ0v) is 29.4. The lowest BCUT2D eigenvalue weighted by Gasteiger charge is -2.14. The number of nitrogens with zero attached hydrogens (tertiary/aromatic N) is 4. The third kappa shape index (κ3) is 3.81. The minimum absolute atomic E-state index is 0.641. The number of para-hydroxylation sites is 2. The first-order valence-electron chi connectivity index (χ1n) is 18.7. The molecule has 4 heterocycles. The molecule has 0 spiro atoms. The highest BCUT2D eigenvalue weighted by atomic mass is 16.3. The number of benzene rings is 8. The number of fused-ring (bicyclic) bond motifs is 8. The zero-order chi connectivity index (χ0) is 35.8. The highest BCUT2D eigenvalue weighted by Crippen LogP contribution is 2.50. The molecule has 5 heteroatoms. The average Bonchev–Trinajstić information content (AvgIpc) is 3.88. The van der Waals surface area contributed by atoms with Crippen molar-refractivity contribution in [3.05, 3.63) is 170 Å².